The number of benzene rings is 5. The average Bonchev–Trinajstić information content (AvgIpc) is 3.75. The number of aliphatic carboxylic acids is 1. The van der Waals surface area contributed by atoms with Crippen LogP contribution < -0.4 is 19.8 Å². The number of aromatic nitrogens is 1. The number of carbonyl (C=O) groups excluding carboxylic acids is 1. The van der Waals surface area contributed by atoms with Crippen molar-refractivity contribution < 1.29 is 54.5 Å². The lowest BCUT2D eigenvalue weighted by atomic mass is 9.96. The summed E-state index contributed by atoms with van der Waals surface area (Å²) >= 11 is 7.72. The second kappa shape index (κ2) is 24.6. The first-order valence-electron chi connectivity index (χ1n) is 25.1. The van der Waals surface area contributed by atoms with Crippen molar-refractivity contribution in [1.82, 2.24) is 9.47 Å². The lowest BCUT2D eigenvalue weighted by Gasteiger charge is -2.37. The van der Waals surface area contributed by atoms with Crippen LogP contribution in [0, 0.1) is 6.92 Å². The van der Waals surface area contributed by atoms with Crippen molar-refractivity contribution in [1.29, 1.82) is 0 Å². The number of piperidine rings is 1. The quantitative estimate of drug-likeness (QED) is 0.0393. The maximum Gasteiger partial charge on any atom is 0.501 e. The molecule has 2 aliphatic heterocycles. The molecule has 410 valence electrons. The molecule has 6 aromatic rings. The van der Waals surface area contributed by atoms with Crippen molar-refractivity contribution in [2.24, 2.45) is 0 Å². The summed E-state index contributed by atoms with van der Waals surface area (Å²) in [5, 5.41) is 22.8. The number of carbonyl (C=O) groups is 2. The van der Waals surface area contributed by atoms with Gasteiger partial charge in [-0.05, 0) is 123 Å². The molecule has 77 heavy (non-hydrogen) atoms. The lowest BCUT2D eigenvalue weighted by molar-refractivity contribution is -0.137. The minimum absolute atomic E-state index is 0.102. The Morgan fingerprint density at radius 3 is 2.12 bits per heavy atom. The van der Waals surface area contributed by atoms with Gasteiger partial charge in [0.05, 0.1) is 34.4 Å². The third-order valence-electron chi connectivity index (χ3n) is 13.7. The van der Waals surface area contributed by atoms with Crippen LogP contribution in [-0.4, -0.2) is 124 Å². The highest BCUT2D eigenvalue weighted by molar-refractivity contribution is 7.99. The zero-order valence-corrected chi connectivity index (χ0v) is 45.6. The summed E-state index contributed by atoms with van der Waals surface area (Å²) in [7, 11) is -10.7. The Bertz CT molecular complexity index is 3260. The number of piperazine rings is 1. The number of halogens is 4. The Labute approximate surface area is 456 Å². The van der Waals surface area contributed by atoms with Crippen LogP contribution in [0.3, 0.4) is 0 Å². The number of nitrogens with one attached hydrogen (secondary N) is 2. The first-order valence-corrected chi connectivity index (χ1v) is 29.5. The molecule has 2 aliphatic rings. The molecule has 15 nitrogen and oxygen atoms in total. The molecule has 1 aromatic heterocycles. The van der Waals surface area contributed by atoms with E-state index in [9.17, 15) is 49.8 Å². The number of ether oxygens (including phenoxy) is 1. The molecule has 3 heterocycles. The van der Waals surface area contributed by atoms with E-state index >= 15 is 0 Å². The van der Waals surface area contributed by atoms with E-state index in [1.54, 1.807) is 24.3 Å². The van der Waals surface area contributed by atoms with E-state index in [-0.39, 0.29) is 24.4 Å². The predicted octanol–water partition coefficient (Wildman–Crippen LogP) is 10.3. The van der Waals surface area contributed by atoms with Gasteiger partial charge in [0.1, 0.15) is 11.5 Å². The predicted molar refractivity (Wildman–Crippen MR) is 295 cm³/mol. The number of thioether (sulfide) groups is 1. The normalized spacial score (nSPS) is 15.3. The number of aliphatic hydroxyl groups excluding tert-OH is 1. The smallest absolute Gasteiger partial charge is 0.481 e. The number of carboxylic acids is 1. The van der Waals surface area contributed by atoms with Gasteiger partial charge in [-0.1, -0.05) is 54.1 Å². The number of likely N-dealkylation sites (tertiary alicyclic amines) is 1. The van der Waals surface area contributed by atoms with Crippen LogP contribution in [0.25, 0.3) is 22.4 Å². The van der Waals surface area contributed by atoms with Gasteiger partial charge < -0.3 is 39.5 Å². The van der Waals surface area contributed by atoms with E-state index in [2.05, 4.69) is 24.7 Å². The fraction of sp³-hybridized carbons (Fsp3) is 0.345. The van der Waals surface area contributed by atoms with Gasteiger partial charge in [0.25, 0.3) is 19.9 Å². The highest BCUT2D eigenvalue weighted by atomic mass is 35.5. The Kier molecular flexibility index (Phi) is 18.2. The van der Waals surface area contributed by atoms with Crippen LogP contribution in [0.15, 0.2) is 136 Å². The van der Waals surface area contributed by atoms with E-state index in [1.165, 1.54) is 23.9 Å². The van der Waals surface area contributed by atoms with Gasteiger partial charge in [0.15, 0.2) is 0 Å². The molecule has 0 amide bonds. The molecule has 1 unspecified atom stereocenters. The fourth-order valence-corrected chi connectivity index (χ4v) is 12.9. The number of sulfonamides is 1. The third-order valence-corrected chi connectivity index (χ3v) is 18.1. The third kappa shape index (κ3) is 13.7. The lowest BCUT2D eigenvalue weighted by Crippen LogP contribution is -2.46. The molecule has 2 fully saturated rings. The van der Waals surface area contributed by atoms with Gasteiger partial charge in [0.2, 0.25) is 0 Å². The molecule has 0 radical (unpaired) electrons. The topological polar surface area (TPSA) is 191 Å². The molecule has 5 aromatic carbocycles. The Hall–Kier alpha value is -6.23. The van der Waals surface area contributed by atoms with Crippen LogP contribution in [0.1, 0.15) is 48.7 Å². The summed E-state index contributed by atoms with van der Waals surface area (Å²) < 4.78 is 107. The van der Waals surface area contributed by atoms with Crippen molar-refractivity contribution in [2.75, 3.05) is 78.0 Å². The number of alkyl halides is 3. The number of esters is 1. The second-order valence-corrected chi connectivity index (χ2v) is 23.9. The molecule has 8 rings (SSSR count). The van der Waals surface area contributed by atoms with Gasteiger partial charge in [-0.15, -0.1) is 11.8 Å². The van der Waals surface area contributed by atoms with Crippen molar-refractivity contribution in [3.8, 4) is 22.4 Å². The van der Waals surface area contributed by atoms with Gasteiger partial charge in [0, 0.05) is 102 Å². The Balaban J connectivity index is 0.971. The monoisotopic (exact) mass is 1140 g/mol. The summed E-state index contributed by atoms with van der Waals surface area (Å²) in [5.41, 5.74) is -0.325. The fourth-order valence-electron chi connectivity index (χ4n) is 9.66. The molecule has 1 atom stereocenters. The number of carboxylic acid groups (broad SMARTS) is 1. The van der Waals surface area contributed by atoms with Crippen LogP contribution in [-0.2, 0) is 35.9 Å². The van der Waals surface area contributed by atoms with E-state index in [4.69, 9.17) is 16.3 Å². The van der Waals surface area contributed by atoms with E-state index in [1.807, 2.05) is 85.1 Å². The highest BCUT2D eigenvalue weighted by Gasteiger charge is 2.48. The first-order chi connectivity index (χ1) is 36.7. The number of hydrogen-bond acceptors (Lipinski definition) is 13. The van der Waals surface area contributed by atoms with Crippen LogP contribution in [0.5, 0.6) is 0 Å². The Morgan fingerprint density at radius 2 is 1.48 bits per heavy atom. The van der Waals surface area contributed by atoms with E-state index in [0.29, 0.717) is 105 Å². The van der Waals surface area contributed by atoms with Gasteiger partial charge in [-0.3, -0.25) is 9.52 Å². The molecule has 2 saturated heterocycles. The van der Waals surface area contributed by atoms with E-state index in [0.717, 1.165) is 45.2 Å². The summed E-state index contributed by atoms with van der Waals surface area (Å²) in [5.74, 6) is -1.36. The molecule has 4 N–H and O–H groups in total. The minimum Gasteiger partial charge on any atom is -0.481 e. The highest BCUT2D eigenvalue weighted by Crippen LogP contribution is 2.42. The van der Waals surface area contributed by atoms with Gasteiger partial charge >= 0.3 is 17.4 Å². The zero-order chi connectivity index (χ0) is 55.1. The second-order valence-electron chi connectivity index (χ2n) is 18.8. The first kappa shape index (κ1) is 57.0. The Morgan fingerprint density at radius 1 is 0.818 bits per heavy atom. The van der Waals surface area contributed by atoms with Gasteiger partial charge in [-0.25, -0.2) is 21.6 Å². The SMILES string of the molecule is CCn1c(C)c(C(=O)OCCC(=O)O)c(-c2cccc(N3CCN(c4ccc(NS(=O)(=O)c5ccc(NC(CCN6CCC(O)CC6)CSc6ccccc6)c(S(=O)(=O)C(F)(F)F)c5)cc4)CC3)c2)c1-c1ccc(Cl)cc1. The molecular weight excluding hydrogens is 1080 g/mol. The minimum atomic E-state index is -6.04. The number of hydrogen-bond donors (Lipinski definition) is 4. The van der Waals surface area contributed by atoms with E-state index < -0.39 is 59.2 Å². The zero-order valence-electron chi connectivity index (χ0n) is 42.4. The molecule has 22 heteroatoms. The molecule has 0 spiro atoms. The maximum atomic E-state index is 14.3. The number of rotatable bonds is 21. The standard InChI is InChI=1S/C55H60ClF3N6O9S3/c1-3-65-37(2)51(54(69)74-33-25-50(67)68)52(53(65)38-12-14-40(56)15-13-38)39-8-7-9-44(34-39)64-31-29-63(30-32-64)43-18-16-41(17-19-43)61-77(72,73)47-20-21-48(49(35-47)76(70,71)55(57,58)59)60-42(36-75-46-10-5-4-6-11-46)22-26-62-27-23-45(66)24-28-62/h4-21,34-35,42,45,60-61,66H,3,22-33,36H2,1-2H3,(H,67,68). The number of sulfone groups is 1. The summed E-state index contributed by atoms with van der Waals surface area (Å²) in [6.07, 6.45) is 0.867. The van der Waals surface area contributed by atoms with Crippen LogP contribution >= 0.6 is 23.4 Å². The van der Waals surface area contributed by atoms with Crippen molar-refractivity contribution in [2.45, 2.75) is 78.4 Å². The largest absolute Gasteiger partial charge is 0.501 e. The summed E-state index contributed by atoms with van der Waals surface area (Å²) in [6, 6.07) is 33.1. The number of aliphatic hydroxyl groups is 1. The number of nitrogens with zero attached hydrogens (tertiary/aromatic N) is 4. The van der Waals surface area contributed by atoms with Crippen LogP contribution in [0.4, 0.5) is 35.9 Å². The summed E-state index contributed by atoms with van der Waals surface area (Å²) in [6.45, 7) is 8.19. The average molecular weight is 1140 g/mol. The number of anilines is 4. The van der Waals surface area contributed by atoms with Gasteiger partial charge in [-0.2, -0.15) is 13.2 Å². The van der Waals surface area contributed by atoms with Crippen molar-refractivity contribution in [3.63, 3.8) is 0 Å². The molecule has 0 saturated carbocycles. The summed E-state index contributed by atoms with van der Waals surface area (Å²) in [4.78, 5) is 30.5. The molecular formula is C55H60ClF3N6O9S3. The van der Waals surface area contributed by atoms with Crippen molar-refractivity contribution >= 4 is 77.9 Å². The molecule has 0 aliphatic carbocycles. The molecule has 0 bridgehead atoms. The van der Waals surface area contributed by atoms with Crippen LogP contribution in [0.2, 0.25) is 5.02 Å². The maximum absolute atomic E-state index is 14.3. The van der Waals surface area contributed by atoms with Crippen molar-refractivity contribution in [3.05, 3.63) is 138 Å².